The first kappa shape index (κ1) is 30.9. The van der Waals surface area contributed by atoms with Gasteiger partial charge in [-0.3, -0.25) is 9.36 Å². The number of hydrogen-bond donors (Lipinski definition) is 2. The highest BCUT2D eigenvalue weighted by Crippen LogP contribution is 2.47. The number of nitrogens with one attached hydrogen (secondary N) is 1. The number of piperazine rings is 1. The Morgan fingerprint density at radius 3 is 2.56 bits per heavy atom. The van der Waals surface area contributed by atoms with Gasteiger partial charge in [-0.15, -0.1) is 6.42 Å². The Labute approximate surface area is 273 Å². The maximum Gasteiger partial charge on any atom is 0.431 e. The van der Waals surface area contributed by atoms with Crippen molar-refractivity contribution < 1.29 is 27.4 Å². The summed E-state index contributed by atoms with van der Waals surface area (Å²) in [7, 11) is 0. The fourth-order valence-electron chi connectivity index (χ4n) is 7.73. The second-order valence-electron chi connectivity index (χ2n) is 13.7. The molecule has 2 bridgehead atoms. The smallest absolute Gasteiger partial charge is 0.431 e. The van der Waals surface area contributed by atoms with Gasteiger partial charge in [0.25, 0.3) is 5.56 Å². The lowest BCUT2D eigenvalue weighted by atomic mass is 9.93. The van der Waals surface area contributed by atoms with E-state index in [9.17, 15) is 14.3 Å². The summed E-state index contributed by atoms with van der Waals surface area (Å²) >= 11 is 0. The van der Waals surface area contributed by atoms with E-state index in [2.05, 4.69) is 21.1 Å². The Morgan fingerprint density at radius 2 is 1.92 bits per heavy atom. The van der Waals surface area contributed by atoms with Gasteiger partial charge in [0.2, 0.25) is 0 Å². The molecule has 1 aliphatic carbocycles. The van der Waals surface area contributed by atoms with Crippen LogP contribution in [0.2, 0.25) is 0 Å². The number of hydrogen-bond acceptors (Lipinski definition) is 8. The van der Waals surface area contributed by atoms with Crippen molar-refractivity contribution in [3.8, 4) is 29.8 Å². The molecule has 2 atom stereocenters. The average Bonchev–Trinajstić information content (AvgIpc) is 3.64. The molecule has 0 amide bonds. The van der Waals surface area contributed by atoms with Crippen LogP contribution in [0.1, 0.15) is 49.8 Å². The summed E-state index contributed by atoms with van der Waals surface area (Å²) in [5.41, 5.74) is -3.54. The van der Waals surface area contributed by atoms with Crippen LogP contribution >= 0.6 is 0 Å². The molecule has 48 heavy (non-hydrogen) atoms. The van der Waals surface area contributed by atoms with E-state index in [1.54, 1.807) is 0 Å². The number of halogens is 4. The summed E-state index contributed by atoms with van der Waals surface area (Å²) in [6, 6.07) is 5.45. The number of likely N-dealkylation sites (tertiary alicyclic amines) is 1. The van der Waals surface area contributed by atoms with Crippen LogP contribution in [0.4, 0.5) is 23.4 Å². The van der Waals surface area contributed by atoms with Crippen LogP contribution in [0.25, 0.3) is 27.4 Å². The van der Waals surface area contributed by atoms with Crippen LogP contribution in [0, 0.1) is 23.6 Å². The van der Waals surface area contributed by atoms with Crippen molar-refractivity contribution in [2.75, 3.05) is 44.2 Å². The van der Waals surface area contributed by atoms with Gasteiger partial charge in [0, 0.05) is 48.6 Å². The van der Waals surface area contributed by atoms with Crippen molar-refractivity contribution in [1.82, 2.24) is 24.8 Å². The molecule has 9 nitrogen and oxygen atoms in total. The SMILES string of the molecule is C#Cc1c(F)ccc2cc(O)cc(-n3c(C(F)(F)F)cc4c(N5CC6CCC5CN6)nc(OCC5(CN6CCCC6)CC5)nc4c3=O)c12. The summed E-state index contributed by atoms with van der Waals surface area (Å²) in [5, 5.41) is 14.0. The average molecular weight is 663 g/mol. The van der Waals surface area contributed by atoms with Gasteiger partial charge in [-0.25, -0.2) is 4.39 Å². The summed E-state index contributed by atoms with van der Waals surface area (Å²) in [6.45, 7) is 4.42. The lowest BCUT2D eigenvalue weighted by molar-refractivity contribution is -0.142. The van der Waals surface area contributed by atoms with E-state index in [1.807, 2.05) is 4.90 Å². The lowest BCUT2D eigenvalue weighted by Crippen LogP contribution is -2.61. The molecular weight excluding hydrogens is 628 g/mol. The third kappa shape index (κ3) is 5.31. The molecule has 0 radical (unpaired) electrons. The largest absolute Gasteiger partial charge is 0.508 e. The van der Waals surface area contributed by atoms with E-state index in [1.165, 1.54) is 12.1 Å². The molecule has 6 heterocycles. The second kappa shape index (κ2) is 11.3. The predicted molar refractivity (Wildman–Crippen MR) is 172 cm³/mol. The van der Waals surface area contributed by atoms with Crippen molar-refractivity contribution in [2.24, 2.45) is 5.41 Å². The maximum absolute atomic E-state index is 15.0. The highest BCUT2D eigenvalue weighted by Gasteiger charge is 2.46. The molecular formula is C35H34F4N6O3. The number of nitrogens with zero attached hydrogens (tertiary/aromatic N) is 5. The maximum atomic E-state index is 15.0. The van der Waals surface area contributed by atoms with Crippen molar-refractivity contribution in [3.63, 3.8) is 0 Å². The van der Waals surface area contributed by atoms with Gasteiger partial charge >= 0.3 is 12.2 Å². The van der Waals surface area contributed by atoms with E-state index >= 15 is 13.2 Å². The number of terminal acetylenes is 1. The molecule has 2 N–H and O–H groups in total. The van der Waals surface area contributed by atoms with Gasteiger partial charge in [0.1, 0.15) is 28.6 Å². The molecule has 13 heteroatoms. The summed E-state index contributed by atoms with van der Waals surface area (Å²) < 4.78 is 66.6. The first-order chi connectivity index (χ1) is 23.0. The van der Waals surface area contributed by atoms with Crippen LogP contribution < -0.4 is 20.5 Å². The van der Waals surface area contributed by atoms with Crippen molar-refractivity contribution in [3.05, 3.63) is 57.8 Å². The number of aromatic nitrogens is 3. The highest BCUT2D eigenvalue weighted by molar-refractivity contribution is 5.97. The van der Waals surface area contributed by atoms with E-state index in [-0.39, 0.29) is 56.6 Å². The molecule has 250 valence electrons. The third-order valence-electron chi connectivity index (χ3n) is 10.4. The van der Waals surface area contributed by atoms with Crippen molar-refractivity contribution >= 4 is 27.5 Å². The van der Waals surface area contributed by atoms with Crippen LogP contribution in [0.5, 0.6) is 11.8 Å². The first-order valence-corrected chi connectivity index (χ1v) is 16.4. The van der Waals surface area contributed by atoms with Crippen LogP contribution in [0.3, 0.4) is 0 Å². The van der Waals surface area contributed by atoms with Crippen LogP contribution in [-0.4, -0.2) is 76.0 Å². The van der Waals surface area contributed by atoms with Crippen LogP contribution in [-0.2, 0) is 6.18 Å². The Morgan fingerprint density at radius 1 is 1.12 bits per heavy atom. The standard InChI is InChI=1S/C35H34F4N6O3/c1-2-24-26(36)8-5-20-13-23(46)14-27(29(20)24)45-28(35(37,38)39)15-25-30(32(45)47)41-33(42-31(25)44-17-21-6-7-22(44)16-40-21)48-19-34(9-10-34)18-43-11-3-4-12-43/h1,5,8,13-15,21-22,40,46H,3-4,6-7,9-12,16-19H2. The minimum absolute atomic E-state index is 0.0427. The summed E-state index contributed by atoms with van der Waals surface area (Å²) in [4.78, 5) is 28.0. The van der Waals surface area contributed by atoms with E-state index < -0.39 is 34.7 Å². The zero-order valence-electron chi connectivity index (χ0n) is 26.1. The summed E-state index contributed by atoms with van der Waals surface area (Å²) in [5.74, 6) is 1.14. The quantitative estimate of drug-likeness (QED) is 0.212. The molecule has 2 unspecified atom stereocenters. The molecule has 4 saturated heterocycles. The van der Waals surface area contributed by atoms with E-state index in [0.29, 0.717) is 24.3 Å². The number of piperidine rings is 2. The minimum atomic E-state index is -5.04. The zero-order chi connectivity index (χ0) is 33.4. The molecule has 1 saturated carbocycles. The van der Waals surface area contributed by atoms with Gasteiger partial charge in [0.05, 0.1) is 23.2 Å². The van der Waals surface area contributed by atoms with Gasteiger partial charge in [-0.1, -0.05) is 12.0 Å². The molecule has 5 aliphatic rings. The Balaban J connectivity index is 1.34. The van der Waals surface area contributed by atoms with Gasteiger partial charge < -0.3 is 25.0 Å². The lowest BCUT2D eigenvalue weighted by Gasteiger charge is -2.46. The van der Waals surface area contributed by atoms with Crippen LogP contribution in [0.15, 0.2) is 35.1 Å². The second-order valence-corrected chi connectivity index (χ2v) is 13.7. The number of benzene rings is 2. The topological polar surface area (TPSA) is 95.8 Å². The number of pyridine rings is 1. The number of fused-ring (bicyclic) bond motifs is 5. The minimum Gasteiger partial charge on any atom is -0.508 e. The number of phenolic OH excluding ortho intramolecular Hbond substituents is 1. The van der Waals surface area contributed by atoms with Gasteiger partial charge in [-0.2, -0.15) is 23.1 Å². The Kier molecular flexibility index (Phi) is 7.30. The number of ether oxygens (including phenoxy) is 1. The van der Waals surface area contributed by atoms with Gasteiger partial charge in [-0.05, 0) is 75.2 Å². The number of phenols is 1. The molecule has 5 fully saturated rings. The Bertz CT molecular complexity index is 2040. The molecule has 0 spiro atoms. The van der Waals surface area contributed by atoms with Crippen molar-refractivity contribution in [1.29, 1.82) is 0 Å². The summed E-state index contributed by atoms with van der Waals surface area (Å²) in [6.07, 6.45) is 6.60. The fraction of sp³-hybridized carbons (Fsp3) is 0.457. The molecule has 4 aromatic rings. The zero-order valence-corrected chi connectivity index (χ0v) is 26.1. The number of rotatable bonds is 7. The highest BCUT2D eigenvalue weighted by atomic mass is 19.4. The molecule has 2 aromatic carbocycles. The molecule has 4 aliphatic heterocycles. The van der Waals surface area contributed by atoms with Crippen molar-refractivity contribution in [2.45, 2.75) is 56.8 Å². The first-order valence-electron chi connectivity index (χ1n) is 16.4. The number of anilines is 1. The Hall–Kier alpha value is -4.41. The normalized spacial score (nSPS) is 22.0. The third-order valence-corrected chi connectivity index (χ3v) is 10.4. The number of aromatic hydroxyl groups is 1. The molecule has 2 aromatic heterocycles. The van der Waals surface area contributed by atoms with E-state index in [0.717, 1.165) is 76.4 Å². The number of alkyl halides is 3. The predicted octanol–water partition coefficient (Wildman–Crippen LogP) is 4.97. The van der Waals surface area contributed by atoms with E-state index in [4.69, 9.17) is 16.1 Å². The van der Waals surface area contributed by atoms with Gasteiger partial charge in [0.15, 0.2) is 0 Å². The monoisotopic (exact) mass is 662 g/mol. The molecule has 9 rings (SSSR count). The fourth-order valence-corrected chi connectivity index (χ4v) is 7.73.